The molecular weight excluding hydrogens is 640 g/mol. The van der Waals surface area contributed by atoms with Crippen molar-refractivity contribution in [2.75, 3.05) is 39.2 Å². The number of benzene rings is 3. The van der Waals surface area contributed by atoms with Crippen molar-refractivity contribution in [3.63, 3.8) is 0 Å². The maximum atomic E-state index is 13.4. The second kappa shape index (κ2) is 20.9. The molecule has 0 fully saturated rings. The van der Waals surface area contributed by atoms with E-state index in [1.165, 1.54) is 5.56 Å². The average Bonchev–Trinajstić information content (AvgIpc) is 3.11. The van der Waals surface area contributed by atoms with Crippen molar-refractivity contribution in [3.05, 3.63) is 82.9 Å². The molecule has 3 rings (SSSR count). The molecule has 3 N–H and O–H groups in total. The number of imide groups is 2. The summed E-state index contributed by atoms with van der Waals surface area (Å²) in [5.41, 5.74) is 3.96. The van der Waals surface area contributed by atoms with Crippen molar-refractivity contribution in [3.8, 4) is 17.2 Å². The summed E-state index contributed by atoms with van der Waals surface area (Å²) in [6.07, 6.45) is 5.08. The van der Waals surface area contributed by atoms with Crippen LogP contribution in [-0.4, -0.2) is 75.4 Å². The van der Waals surface area contributed by atoms with Crippen LogP contribution in [0.15, 0.2) is 60.7 Å². The van der Waals surface area contributed by atoms with Crippen molar-refractivity contribution in [1.82, 2.24) is 15.5 Å². The van der Waals surface area contributed by atoms with Gasteiger partial charge in [0.1, 0.15) is 5.75 Å². The van der Waals surface area contributed by atoms with Crippen LogP contribution in [0.2, 0.25) is 0 Å². The van der Waals surface area contributed by atoms with Crippen LogP contribution in [0.3, 0.4) is 0 Å². The Morgan fingerprint density at radius 2 is 1.56 bits per heavy atom. The molecule has 0 aliphatic rings. The molecule has 50 heavy (non-hydrogen) atoms. The van der Waals surface area contributed by atoms with E-state index in [1.54, 1.807) is 40.2 Å². The Morgan fingerprint density at radius 3 is 2.28 bits per heavy atom. The third-order valence-corrected chi connectivity index (χ3v) is 8.21. The lowest BCUT2D eigenvalue weighted by Crippen LogP contribution is -2.39. The van der Waals surface area contributed by atoms with Gasteiger partial charge in [0.2, 0.25) is 18.7 Å². The molecule has 12 nitrogen and oxygen atoms in total. The summed E-state index contributed by atoms with van der Waals surface area (Å²) in [4.78, 5) is 60.9. The van der Waals surface area contributed by atoms with E-state index in [1.807, 2.05) is 48.5 Å². The number of anilines is 1. The lowest BCUT2D eigenvalue weighted by molar-refractivity contribution is -0.126. The normalized spacial score (nSPS) is 11.1. The predicted molar refractivity (Wildman–Crippen MR) is 191 cm³/mol. The van der Waals surface area contributed by atoms with Gasteiger partial charge in [-0.3, -0.25) is 34.2 Å². The maximum absolute atomic E-state index is 13.4. The lowest BCUT2D eigenvalue weighted by Gasteiger charge is -2.25. The van der Waals surface area contributed by atoms with E-state index in [2.05, 4.69) is 16.0 Å². The third-order valence-electron chi connectivity index (χ3n) is 8.21. The average molecular weight is 689 g/mol. The number of rotatable bonds is 22. The Labute approximate surface area is 293 Å². The number of nitrogens with one attached hydrogen (secondary N) is 3. The number of carbonyl (C=O) groups excluding carboxylic acids is 5. The molecule has 0 aliphatic carbocycles. The fourth-order valence-corrected chi connectivity index (χ4v) is 5.42. The van der Waals surface area contributed by atoms with Crippen molar-refractivity contribution >= 4 is 36.2 Å². The lowest BCUT2D eigenvalue weighted by atomic mass is 10.0. The first-order chi connectivity index (χ1) is 24.2. The van der Waals surface area contributed by atoms with Gasteiger partial charge in [-0.05, 0) is 99.4 Å². The standard InChI is InChI=1S/C38H48N4O8/c1-27-10-7-15-32(37(27)38(47)42(26-44)28(2)16-19-35(45)41-25-43)39-20-5-6-21-40-36(46)24-50-31-14-9-13-29(22-31)11-8-12-30-17-18-33(48-3)34(23-30)49-4/h7,9-10,13-15,17-18,22-23,25-26,28,39H,5-6,8,11-12,16,19-21,24H2,1-4H3,(H,40,46)(H,41,43,45). The zero-order chi connectivity index (χ0) is 36.3. The van der Waals surface area contributed by atoms with Gasteiger partial charge in [-0.15, -0.1) is 0 Å². The molecule has 0 radical (unpaired) electrons. The summed E-state index contributed by atoms with van der Waals surface area (Å²) in [5.74, 6) is 0.899. The molecule has 0 saturated carbocycles. The zero-order valence-electron chi connectivity index (χ0n) is 29.3. The van der Waals surface area contributed by atoms with Gasteiger partial charge in [-0.2, -0.15) is 0 Å². The summed E-state index contributed by atoms with van der Waals surface area (Å²) in [6.45, 7) is 4.38. The van der Waals surface area contributed by atoms with Crippen molar-refractivity contribution in [2.24, 2.45) is 0 Å². The van der Waals surface area contributed by atoms with Gasteiger partial charge in [-0.1, -0.05) is 30.3 Å². The van der Waals surface area contributed by atoms with Crippen molar-refractivity contribution in [2.45, 2.75) is 64.8 Å². The van der Waals surface area contributed by atoms with Crippen LogP contribution >= 0.6 is 0 Å². The first kappa shape index (κ1) is 39.1. The molecule has 0 saturated heterocycles. The first-order valence-corrected chi connectivity index (χ1v) is 16.7. The van der Waals surface area contributed by atoms with E-state index >= 15 is 0 Å². The van der Waals surface area contributed by atoms with E-state index in [-0.39, 0.29) is 25.4 Å². The Morgan fingerprint density at radius 1 is 0.840 bits per heavy atom. The molecule has 1 atom stereocenters. The Balaban J connectivity index is 1.38. The number of ether oxygens (including phenoxy) is 3. The Kier molecular flexibility index (Phi) is 16.3. The van der Waals surface area contributed by atoms with E-state index in [0.717, 1.165) is 35.5 Å². The van der Waals surface area contributed by atoms with Crippen LogP contribution in [0.5, 0.6) is 17.2 Å². The third kappa shape index (κ3) is 12.2. The fourth-order valence-electron chi connectivity index (χ4n) is 5.42. The molecule has 0 aliphatic heterocycles. The Hall–Kier alpha value is -5.39. The number of hydrogen-bond acceptors (Lipinski definition) is 9. The van der Waals surface area contributed by atoms with Gasteiger partial charge in [-0.25, -0.2) is 0 Å². The Bertz CT molecular complexity index is 1590. The molecule has 5 amide bonds. The highest BCUT2D eigenvalue weighted by Crippen LogP contribution is 2.28. The largest absolute Gasteiger partial charge is 0.493 e. The summed E-state index contributed by atoms with van der Waals surface area (Å²) < 4.78 is 16.5. The monoisotopic (exact) mass is 688 g/mol. The number of aryl methyl sites for hydroxylation is 3. The summed E-state index contributed by atoms with van der Waals surface area (Å²) in [5, 5.41) is 8.21. The summed E-state index contributed by atoms with van der Waals surface area (Å²) >= 11 is 0. The van der Waals surface area contributed by atoms with Crippen LogP contribution in [0, 0.1) is 6.92 Å². The minimum atomic E-state index is -0.553. The number of methoxy groups -OCH3 is 2. The topological polar surface area (TPSA) is 152 Å². The second-order valence-corrected chi connectivity index (χ2v) is 11.9. The molecule has 0 heterocycles. The second-order valence-electron chi connectivity index (χ2n) is 11.9. The number of unbranched alkanes of at least 4 members (excludes halogenated alkanes) is 1. The van der Waals surface area contributed by atoms with Crippen LogP contribution in [0.4, 0.5) is 5.69 Å². The SMILES string of the molecule is COc1ccc(CCCc2cccc(OCC(=O)NCCCCNc3cccc(C)c3C(=O)N(C=O)C(C)CCC(=O)NC=O)c2)cc1OC. The van der Waals surface area contributed by atoms with E-state index < -0.39 is 17.9 Å². The predicted octanol–water partition coefficient (Wildman–Crippen LogP) is 4.61. The molecule has 268 valence electrons. The molecule has 3 aromatic rings. The number of amides is 5. The summed E-state index contributed by atoms with van der Waals surface area (Å²) in [7, 11) is 3.25. The molecule has 0 spiro atoms. The number of hydrogen-bond donors (Lipinski definition) is 3. The number of nitrogens with zero attached hydrogens (tertiary/aromatic N) is 1. The van der Waals surface area contributed by atoms with E-state index in [0.29, 0.717) is 67.1 Å². The van der Waals surface area contributed by atoms with Crippen molar-refractivity contribution < 1.29 is 38.2 Å². The quantitative estimate of drug-likeness (QED) is 0.102. The van der Waals surface area contributed by atoms with Crippen LogP contribution < -0.4 is 30.2 Å². The minimum absolute atomic E-state index is 0.00418. The molecule has 0 aromatic heterocycles. The minimum Gasteiger partial charge on any atom is -0.493 e. The summed E-state index contributed by atoms with van der Waals surface area (Å²) in [6, 6.07) is 18.6. The number of carbonyl (C=O) groups is 5. The highest BCUT2D eigenvalue weighted by Gasteiger charge is 2.25. The van der Waals surface area contributed by atoms with Gasteiger partial charge >= 0.3 is 0 Å². The highest BCUT2D eigenvalue weighted by atomic mass is 16.5. The van der Waals surface area contributed by atoms with Gasteiger partial charge in [0.25, 0.3) is 11.8 Å². The van der Waals surface area contributed by atoms with Crippen LogP contribution in [-0.2, 0) is 32.0 Å². The molecule has 0 bridgehead atoms. The van der Waals surface area contributed by atoms with Gasteiger partial charge in [0.15, 0.2) is 18.1 Å². The smallest absolute Gasteiger partial charge is 0.262 e. The maximum Gasteiger partial charge on any atom is 0.262 e. The first-order valence-electron chi connectivity index (χ1n) is 16.7. The van der Waals surface area contributed by atoms with E-state index in [4.69, 9.17) is 14.2 Å². The zero-order valence-corrected chi connectivity index (χ0v) is 29.3. The highest BCUT2D eigenvalue weighted by molar-refractivity contribution is 6.05. The van der Waals surface area contributed by atoms with Crippen LogP contribution in [0.25, 0.3) is 0 Å². The van der Waals surface area contributed by atoms with E-state index in [9.17, 15) is 24.0 Å². The van der Waals surface area contributed by atoms with Gasteiger partial charge < -0.3 is 24.8 Å². The fraction of sp³-hybridized carbons (Fsp3) is 0.395. The molecular formula is C38H48N4O8. The van der Waals surface area contributed by atoms with Crippen LogP contribution in [0.1, 0.15) is 66.1 Å². The molecule has 1 unspecified atom stereocenters. The van der Waals surface area contributed by atoms with Crippen molar-refractivity contribution in [1.29, 1.82) is 0 Å². The van der Waals surface area contributed by atoms with Gasteiger partial charge in [0.05, 0.1) is 19.8 Å². The van der Waals surface area contributed by atoms with Gasteiger partial charge in [0, 0.05) is 31.2 Å². The molecule has 12 heteroatoms. The molecule has 3 aromatic carbocycles.